The topological polar surface area (TPSA) is 133 Å². The summed E-state index contributed by atoms with van der Waals surface area (Å²) in [6, 6.07) is 10.1. The van der Waals surface area contributed by atoms with Crippen LogP contribution in [0.25, 0.3) is 0 Å². The molecule has 2 amide bonds. The van der Waals surface area contributed by atoms with Crippen molar-refractivity contribution in [1.82, 2.24) is 0 Å². The van der Waals surface area contributed by atoms with Crippen LogP contribution < -0.4 is 15.4 Å². The number of amides is 2. The van der Waals surface area contributed by atoms with Crippen molar-refractivity contribution in [3.8, 4) is 6.07 Å². The monoisotopic (exact) mass is 790 g/mol. The molecule has 3 aromatic carbocycles. The molecule has 0 bridgehead atoms. The molecule has 0 aliphatic carbocycles. The minimum atomic E-state index is -6.41. The van der Waals surface area contributed by atoms with Crippen LogP contribution in [0.15, 0.2) is 63.5 Å². The molecular formula is C26H16Br2F8N4O4S. The molecule has 8 nitrogen and oxygen atoms in total. The second-order valence-electron chi connectivity index (χ2n) is 9.07. The number of nitrogens with one attached hydrogen (secondary N) is 1. The van der Waals surface area contributed by atoms with Crippen LogP contribution in [-0.2, 0) is 15.7 Å². The third-order valence-electron chi connectivity index (χ3n) is 6.08. The Morgan fingerprint density at radius 3 is 1.93 bits per heavy atom. The normalized spacial score (nSPS) is 12.4. The number of carbonyl (C=O) groups is 2. The summed E-state index contributed by atoms with van der Waals surface area (Å²) in [7, 11) is -4.19. The predicted octanol–water partition coefficient (Wildman–Crippen LogP) is 6.70. The number of rotatable bonds is 8. The van der Waals surface area contributed by atoms with Crippen molar-refractivity contribution in [3.63, 3.8) is 0 Å². The number of carbonyl (C=O) groups excluding carboxylic acids is 2. The van der Waals surface area contributed by atoms with E-state index in [2.05, 4.69) is 37.2 Å². The SMILES string of the molecule is N#Cc1ccc(C(=O)N(CCS(N)(=O)=O)c2cccc(C(=O)Nc3c(Br)cc(C(F)(C(F)(F)F)C(F)(F)F)cc3Br)c2F)cc1. The molecule has 0 saturated heterocycles. The summed E-state index contributed by atoms with van der Waals surface area (Å²) in [4.78, 5) is 27.0. The zero-order valence-electron chi connectivity index (χ0n) is 21.9. The number of hydrogen-bond acceptors (Lipinski definition) is 5. The highest BCUT2D eigenvalue weighted by atomic mass is 79.9. The third kappa shape index (κ3) is 7.62. The first-order valence-corrected chi connectivity index (χ1v) is 15.2. The van der Waals surface area contributed by atoms with Crippen LogP contribution in [0.3, 0.4) is 0 Å². The molecule has 0 aromatic heterocycles. The van der Waals surface area contributed by atoms with Crippen LogP contribution in [0.1, 0.15) is 31.8 Å². The lowest BCUT2D eigenvalue weighted by atomic mass is 9.94. The molecule has 0 spiro atoms. The summed E-state index contributed by atoms with van der Waals surface area (Å²) < 4.78 is 132. The number of nitrogens with two attached hydrogens (primary N) is 1. The maximum Gasteiger partial charge on any atom is 0.435 e. The largest absolute Gasteiger partial charge is 0.435 e. The number of halogens is 10. The van der Waals surface area contributed by atoms with Gasteiger partial charge in [0.15, 0.2) is 5.82 Å². The van der Waals surface area contributed by atoms with Crippen LogP contribution in [0.5, 0.6) is 0 Å². The third-order valence-corrected chi connectivity index (χ3v) is 8.08. The van der Waals surface area contributed by atoms with Crippen LogP contribution in [-0.4, -0.2) is 44.9 Å². The lowest BCUT2D eigenvalue weighted by Gasteiger charge is -2.31. The number of hydrogen-bond donors (Lipinski definition) is 2. The number of sulfonamides is 1. The number of alkyl halides is 7. The van der Waals surface area contributed by atoms with Crippen molar-refractivity contribution < 1.29 is 53.1 Å². The molecule has 0 unspecified atom stereocenters. The van der Waals surface area contributed by atoms with E-state index in [4.69, 9.17) is 10.4 Å². The van der Waals surface area contributed by atoms with E-state index >= 15 is 4.39 Å². The fraction of sp³-hybridized carbons (Fsp3) is 0.192. The minimum Gasteiger partial charge on any atom is -0.320 e. The molecule has 0 radical (unpaired) electrons. The molecule has 240 valence electrons. The van der Waals surface area contributed by atoms with Crippen molar-refractivity contribution in [3.05, 3.63) is 91.6 Å². The van der Waals surface area contributed by atoms with Gasteiger partial charge in [0.05, 0.1) is 34.3 Å². The summed E-state index contributed by atoms with van der Waals surface area (Å²) in [5.74, 6) is -4.50. The summed E-state index contributed by atoms with van der Waals surface area (Å²) in [5.41, 5.74) is -9.50. The molecule has 3 aromatic rings. The average molecular weight is 792 g/mol. The van der Waals surface area contributed by atoms with E-state index in [1.54, 1.807) is 0 Å². The van der Waals surface area contributed by atoms with Crippen LogP contribution in [0.2, 0.25) is 0 Å². The number of anilines is 2. The molecule has 0 aliphatic rings. The maximum absolute atomic E-state index is 15.8. The predicted molar refractivity (Wildman–Crippen MR) is 152 cm³/mol. The lowest BCUT2D eigenvalue weighted by molar-refractivity contribution is -0.348. The van der Waals surface area contributed by atoms with Crippen LogP contribution in [0, 0.1) is 17.1 Å². The van der Waals surface area contributed by atoms with Crippen molar-refractivity contribution in [2.24, 2.45) is 5.14 Å². The maximum atomic E-state index is 15.8. The van der Waals surface area contributed by atoms with Gasteiger partial charge in [0.2, 0.25) is 10.0 Å². The summed E-state index contributed by atoms with van der Waals surface area (Å²) >= 11 is 5.39. The molecule has 3 N–H and O–H groups in total. The average Bonchev–Trinajstić information content (AvgIpc) is 2.93. The fourth-order valence-electron chi connectivity index (χ4n) is 3.86. The van der Waals surface area contributed by atoms with Gasteiger partial charge in [0.25, 0.3) is 11.8 Å². The van der Waals surface area contributed by atoms with E-state index in [-0.39, 0.29) is 23.3 Å². The Kier molecular flexibility index (Phi) is 10.4. The summed E-state index contributed by atoms with van der Waals surface area (Å²) in [5, 5.41) is 16.1. The van der Waals surface area contributed by atoms with E-state index in [0.717, 1.165) is 18.2 Å². The van der Waals surface area contributed by atoms with Crippen LogP contribution >= 0.6 is 31.9 Å². The molecule has 45 heavy (non-hydrogen) atoms. The Morgan fingerprint density at radius 1 is 0.933 bits per heavy atom. The summed E-state index contributed by atoms with van der Waals surface area (Å²) in [6.07, 6.45) is -12.8. The van der Waals surface area contributed by atoms with Gasteiger partial charge in [-0.1, -0.05) is 6.07 Å². The Balaban J connectivity index is 2.04. The standard InChI is InChI=1S/C26H16Br2F8N4O4S/c27-17-10-15(24(30,25(31,32)33)26(34,35)36)11-18(28)21(17)39-22(41)16-2-1-3-19(20(16)29)40(8-9-45(38,43)44)23(42)14-6-4-13(12-37)5-7-14/h1-7,10-11H,8-9H2,(H,39,41)(H2,38,43,44). The molecule has 0 heterocycles. The number of nitriles is 1. The molecule has 19 heteroatoms. The lowest BCUT2D eigenvalue weighted by Crippen LogP contribution is -2.50. The highest BCUT2D eigenvalue weighted by Crippen LogP contribution is 2.54. The minimum absolute atomic E-state index is 0.104. The number of primary sulfonamides is 1. The van der Waals surface area contributed by atoms with Gasteiger partial charge in [0, 0.05) is 26.6 Å². The van der Waals surface area contributed by atoms with Crippen molar-refractivity contribution in [2.45, 2.75) is 18.0 Å². The van der Waals surface area contributed by atoms with Crippen molar-refractivity contribution in [1.29, 1.82) is 5.26 Å². The molecule has 0 aliphatic heterocycles. The van der Waals surface area contributed by atoms with E-state index in [0.29, 0.717) is 4.90 Å². The molecule has 0 atom stereocenters. The Hall–Kier alpha value is -3.60. The molecule has 0 fully saturated rings. The first-order valence-electron chi connectivity index (χ1n) is 11.9. The Bertz CT molecular complexity index is 1760. The number of benzene rings is 3. The van der Waals surface area contributed by atoms with E-state index in [1.165, 1.54) is 24.3 Å². The van der Waals surface area contributed by atoms with E-state index in [9.17, 15) is 48.7 Å². The van der Waals surface area contributed by atoms with Gasteiger partial charge in [-0.15, -0.1) is 0 Å². The van der Waals surface area contributed by atoms with Gasteiger partial charge in [-0.3, -0.25) is 9.59 Å². The molecule has 0 saturated carbocycles. The highest BCUT2D eigenvalue weighted by Gasteiger charge is 2.73. The Morgan fingerprint density at radius 2 is 1.47 bits per heavy atom. The first kappa shape index (κ1) is 35.9. The van der Waals surface area contributed by atoms with E-state index in [1.807, 2.05) is 6.07 Å². The smallest absolute Gasteiger partial charge is 0.320 e. The van der Waals surface area contributed by atoms with E-state index < -0.39 is 89.4 Å². The summed E-state index contributed by atoms with van der Waals surface area (Å²) in [6.45, 7) is -0.693. The second kappa shape index (κ2) is 13.0. The first-order chi connectivity index (χ1) is 20.6. The van der Waals surface area contributed by atoms with Gasteiger partial charge in [-0.25, -0.2) is 22.3 Å². The van der Waals surface area contributed by atoms with Gasteiger partial charge in [-0.2, -0.15) is 31.6 Å². The molecule has 3 rings (SSSR count). The quantitative estimate of drug-likeness (QED) is 0.245. The number of nitrogens with zero attached hydrogens (tertiary/aromatic N) is 2. The van der Waals surface area contributed by atoms with Gasteiger partial charge in [-0.05, 0) is 80.4 Å². The Labute approximate surface area is 266 Å². The highest BCUT2D eigenvalue weighted by molar-refractivity contribution is 9.11. The van der Waals surface area contributed by atoms with Gasteiger partial charge < -0.3 is 10.2 Å². The van der Waals surface area contributed by atoms with Crippen molar-refractivity contribution in [2.75, 3.05) is 22.5 Å². The zero-order chi connectivity index (χ0) is 34.1. The van der Waals surface area contributed by atoms with Crippen molar-refractivity contribution >= 4 is 65.1 Å². The fourth-order valence-corrected chi connectivity index (χ4v) is 5.68. The second-order valence-corrected chi connectivity index (χ2v) is 12.5. The van der Waals surface area contributed by atoms with Crippen LogP contribution in [0.4, 0.5) is 46.5 Å². The van der Waals surface area contributed by atoms with Gasteiger partial charge >= 0.3 is 18.0 Å². The van der Waals surface area contributed by atoms with Gasteiger partial charge in [0.1, 0.15) is 0 Å². The molecular weight excluding hydrogens is 776 g/mol. The zero-order valence-corrected chi connectivity index (χ0v) is 25.9.